The Labute approximate surface area is 154 Å². The van der Waals surface area contributed by atoms with Gasteiger partial charge in [0.25, 0.3) is 5.91 Å². The Balaban J connectivity index is 1.98. The zero-order valence-corrected chi connectivity index (χ0v) is 15.3. The summed E-state index contributed by atoms with van der Waals surface area (Å²) in [6.45, 7) is 0. The van der Waals surface area contributed by atoms with Crippen LogP contribution < -0.4 is 5.32 Å². The van der Waals surface area contributed by atoms with Crippen LogP contribution in [0.2, 0.25) is 0 Å². The van der Waals surface area contributed by atoms with Crippen molar-refractivity contribution in [2.75, 3.05) is 5.32 Å². The second kappa shape index (κ2) is 6.37. The quantitative estimate of drug-likeness (QED) is 0.712. The van der Waals surface area contributed by atoms with Crippen molar-refractivity contribution < 1.29 is 9.18 Å². The fraction of sp³-hybridized carbons (Fsp3) is 0.300. The molecule has 128 valence electrons. The number of nitrogens with zero attached hydrogens (tertiary/aromatic N) is 1. The average molecular weight is 401 g/mol. The summed E-state index contributed by atoms with van der Waals surface area (Å²) in [5.74, 6) is -0.408. The van der Waals surface area contributed by atoms with Crippen LogP contribution >= 0.6 is 15.9 Å². The van der Waals surface area contributed by atoms with Gasteiger partial charge in [-0.1, -0.05) is 47.3 Å². The average Bonchev–Trinajstić information content (AvgIpc) is 2.72. The number of carbonyl (C=O) groups excluding carboxylic acids is 1. The summed E-state index contributed by atoms with van der Waals surface area (Å²) in [6.07, 6.45) is 4.43. The van der Waals surface area contributed by atoms with Crippen molar-refractivity contribution >= 4 is 33.2 Å². The summed E-state index contributed by atoms with van der Waals surface area (Å²) in [7, 11) is 0. The molecule has 3 nitrogen and oxygen atoms in total. The van der Waals surface area contributed by atoms with Crippen LogP contribution in [0, 0.1) is 5.82 Å². The highest BCUT2D eigenvalue weighted by Crippen LogP contribution is 2.38. The van der Waals surface area contributed by atoms with Crippen molar-refractivity contribution in [2.45, 2.75) is 37.6 Å². The maximum absolute atomic E-state index is 14.6. The fourth-order valence-corrected chi connectivity index (χ4v) is 4.08. The van der Waals surface area contributed by atoms with Crippen molar-refractivity contribution in [1.82, 2.24) is 0 Å². The van der Waals surface area contributed by atoms with Crippen molar-refractivity contribution in [3.8, 4) is 0 Å². The summed E-state index contributed by atoms with van der Waals surface area (Å²) in [5, 5.41) is 3.03. The number of hydrogen-bond donors (Lipinski definition) is 1. The summed E-state index contributed by atoms with van der Waals surface area (Å²) < 4.78 is 15.4. The number of nitrogens with one attached hydrogen (secondary N) is 1. The topological polar surface area (TPSA) is 41.5 Å². The van der Waals surface area contributed by atoms with Crippen LogP contribution in [0.1, 0.15) is 43.2 Å². The van der Waals surface area contributed by atoms with Gasteiger partial charge in [-0.3, -0.25) is 9.79 Å². The van der Waals surface area contributed by atoms with Gasteiger partial charge in [-0.25, -0.2) is 4.39 Å². The van der Waals surface area contributed by atoms with E-state index in [1.165, 1.54) is 6.07 Å². The van der Waals surface area contributed by atoms with Crippen molar-refractivity contribution in [1.29, 1.82) is 0 Å². The minimum Gasteiger partial charge on any atom is -0.323 e. The van der Waals surface area contributed by atoms with Gasteiger partial charge in [0.1, 0.15) is 11.4 Å². The van der Waals surface area contributed by atoms with Crippen LogP contribution in [0.15, 0.2) is 51.9 Å². The molecular formula is C20H18BrFN2O. The van der Waals surface area contributed by atoms with Crippen molar-refractivity contribution in [3.63, 3.8) is 0 Å². The number of rotatable bonds is 1. The molecule has 1 N–H and O–H groups in total. The molecule has 2 aromatic rings. The van der Waals surface area contributed by atoms with Gasteiger partial charge in [-0.15, -0.1) is 0 Å². The SMILES string of the molecule is O=C1Nc2ccc(Br)cc2C(c2ccccc2F)=NC12CCCCC2. The highest BCUT2D eigenvalue weighted by atomic mass is 79.9. The molecule has 1 spiro atoms. The maximum atomic E-state index is 14.6. The number of hydrogen-bond acceptors (Lipinski definition) is 2. The Morgan fingerprint density at radius 1 is 1.04 bits per heavy atom. The highest BCUT2D eigenvalue weighted by Gasteiger charge is 2.42. The number of carbonyl (C=O) groups is 1. The summed E-state index contributed by atoms with van der Waals surface area (Å²) >= 11 is 3.48. The van der Waals surface area contributed by atoms with Gasteiger partial charge >= 0.3 is 0 Å². The number of aliphatic imine (C=N–C) groups is 1. The molecule has 1 amide bonds. The third kappa shape index (κ3) is 2.91. The molecule has 0 unspecified atom stereocenters. The zero-order chi connectivity index (χ0) is 17.4. The van der Waals surface area contributed by atoms with Gasteiger partial charge in [-0.2, -0.15) is 0 Å². The van der Waals surface area contributed by atoms with E-state index in [1.54, 1.807) is 18.2 Å². The molecule has 2 aliphatic rings. The van der Waals surface area contributed by atoms with E-state index in [-0.39, 0.29) is 11.7 Å². The molecule has 1 fully saturated rings. The molecule has 1 aliphatic heterocycles. The lowest BCUT2D eigenvalue weighted by Gasteiger charge is -2.31. The van der Waals surface area contributed by atoms with Gasteiger partial charge in [0.15, 0.2) is 0 Å². The van der Waals surface area contributed by atoms with E-state index in [0.717, 1.165) is 29.3 Å². The molecule has 1 saturated carbocycles. The monoisotopic (exact) mass is 400 g/mol. The molecule has 0 aromatic heterocycles. The van der Waals surface area contributed by atoms with E-state index in [2.05, 4.69) is 21.2 Å². The minimum absolute atomic E-state index is 0.0814. The second-order valence-electron chi connectivity index (χ2n) is 6.68. The first-order valence-corrected chi connectivity index (χ1v) is 9.34. The van der Waals surface area contributed by atoms with Crippen LogP contribution in [-0.2, 0) is 4.79 Å². The van der Waals surface area contributed by atoms with Gasteiger partial charge < -0.3 is 5.32 Å². The van der Waals surface area contributed by atoms with Crippen LogP contribution in [0.5, 0.6) is 0 Å². The lowest BCUT2D eigenvalue weighted by molar-refractivity contribution is -0.122. The molecule has 0 saturated heterocycles. The predicted octanol–water partition coefficient (Wildman–Crippen LogP) is 5.08. The third-order valence-corrected chi connectivity index (χ3v) is 5.54. The van der Waals surface area contributed by atoms with Crippen molar-refractivity contribution in [3.05, 3.63) is 63.9 Å². The molecule has 2 aromatic carbocycles. The van der Waals surface area contributed by atoms with Crippen LogP contribution in [0.3, 0.4) is 0 Å². The molecule has 1 aliphatic carbocycles. The van der Waals surface area contributed by atoms with E-state index < -0.39 is 5.54 Å². The Morgan fingerprint density at radius 3 is 2.56 bits per heavy atom. The summed E-state index contributed by atoms with van der Waals surface area (Å²) in [4.78, 5) is 17.9. The van der Waals surface area contributed by atoms with Gasteiger partial charge in [0.2, 0.25) is 0 Å². The third-order valence-electron chi connectivity index (χ3n) is 5.04. The first kappa shape index (κ1) is 16.5. The normalized spacial score (nSPS) is 19.0. The zero-order valence-electron chi connectivity index (χ0n) is 13.7. The number of anilines is 1. The first-order chi connectivity index (χ1) is 12.1. The van der Waals surface area contributed by atoms with E-state index in [9.17, 15) is 9.18 Å². The molecular weight excluding hydrogens is 383 g/mol. The Hall–Kier alpha value is -2.01. The molecule has 0 atom stereocenters. The molecule has 0 radical (unpaired) electrons. The molecule has 1 heterocycles. The van der Waals surface area contributed by atoms with E-state index in [4.69, 9.17) is 4.99 Å². The van der Waals surface area contributed by atoms with Gasteiger partial charge in [0, 0.05) is 15.6 Å². The molecule has 5 heteroatoms. The van der Waals surface area contributed by atoms with Crippen LogP contribution in [0.4, 0.5) is 10.1 Å². The minimum atomic E-state index is -0.804. The Morgan fingerprint density at radius 2 is 1.80 bits per heavy atom. The van der Waals surface area contributed by atoms with Gasteiger partial charge in [-0.05, 0) is 43.2 Å². The largest absolute Gasteiger partial charge is 0.323 e. The smallest absolute Gasteiger partial charge is 0.252 e. The summed E-state index contributed by atoms with van der Waals surface area (Å²) in [5.41, 5.74) is 1.60. The fourth-order valence-electron chi connectivity index (χ4n) is 3.72. The van der Waals surface area contributed by atoms with Crippen LogP contribution in [0.25, 0.3) is 0 Å². The maximum Gasteiger partial charge on any atom is 0.252 e. The number of benzene rings is 2. The lowest BCUT2D eigenvalue weighted by Crippen LogP contribution is -2.42. The van der Waals surface area contributed by atoms with E-state index in [1.807, 2.05) is 18.2 Å². The second-order valence-corrected chi connectivity index (χ2v) is 7.59. The molecule has 0 bridgehead atoms. The highest BCUT2D eigenvalue weighted by molar-refractivity contribution is 9.10. The van der Waals surface area contributed by atoms with Crippen molar-refractivity contribution in [2.24, 2.45) is 4.99 Å². The Bertz CT molecular complexity index is 872. The lowest BCUT2D eigenvalue weighted by atomic mass is 9.81. The molecule has 4 rings (SSSR count). The number of halogens is 2. The van der Waals surface area contributed by atoms with E-state index in [0.29, 0.717) is 29.8 Å². The standard InChI is InChI=1S/C20H18BrFN2O/c21-13-8-9-17-15(12-13)18(14-6-2-3-7-16(14)22)24-20(19(25)23-17)10-4-1-5-11-20/h2-3,6-9,12H,1,4-5,10-11H2,(H,23,25). The van der Waals surface area contributed by atoms with Gasteiger partial charge in [0.05, 0.1) is 11.4 Å². The van der Waals surface area contributed by atoms with E-state index >= 15 is 0 Å². The number of amides is 1. The Kier molecular flexibility index (Phi) is 4.20. The summed E-state index contributed by atoms with van der Waals surface area (Å²) in [6, 6.07) is 12.2. The number of fused-ring (bicyclic) bond motifs is 1. The predicted molar refractivity (Wildman–Crippen MR) is 101 cm³/mol. The first-order valence-electron chi connectivity index (χ1n) is 8.55. The molecule has 25 heavy (non-hydrogen) atoms. The van der Waals surface area contributed by atoms with Crippen LogP contribution in [-0.4, -0.2) is 17.2 Å².